The van der Waals surface area contributed by atoms with Crippen molar-refractivity contribution in [2.24, 2.45) is 5.92 Å². The van der Waals surface area contributed by atoms with Crippen LogP contribution in [0.4, 0.5) is 0 Å². The van der Waals surface area contributed by atoms with Crippen LogP contribution in [0.3, 0.4) is 0 Å². The smallest absolute Gasteiger partial charge is 0.170 e. The Morgan fingerprint density at radius 2 is 1.14 bits per heavy atom. The number of phenols is 2. The van der Waals surface area contributed by atoms with E-state index in [9.17, 15) is 15.0 Å². The van der Waals surface area contributed by atoms with E-state index < -0.39 is 0 Å². The molecule has 0 aliphatic rings. The van der Waals surface area contributed by atoms with Crippen molar-refractivity contribution in [1.29, 1.82) is 0 Å². The predicted molar refractivity (Wildman–Crippen MR) is 119 cm³/mol. The molecule has 0 aliphatic carbocycles. The van der Waals surface area contributed by atoms with Gasteiger partial charge in [-0.15, -0.1) is 0 Å². The predicted octanol–water partition coefficient (Wildman–Crippen LogP) is 7.54. The SMILES string of the molecule is CCCCCCCCCCC(CCCC)C(=O)c1c(C)c(O)c(C)c(C)c1O. The van der Waals surface area contributed by atoms with E-state index in [1.54, 1.807) is 20.8 Å². The van der Waals surface area contributed by atoms with Crippen molar-refractivity contribution in [3.63, 3.8) is 0 Å². The second-order valence-corrected chi connectivity index (χ2v) is 8.41. The lowest BCUT2D eigenvalue weighted by atomic mass is 9.84. The van der Waals surface area contributed by atoms with Crippen LogP contribution < -0.4 is 0 Å². The van der Waals surface area contributed by atoms with Gasteiger partial charge in [-0.25, -0.2) is 0 Å². The number of benzene rings is 1. The van der Waals surface area contributed by atoms with Crippen molar-refractivity contribution in [3.05, 3.63) is 22.3 Å². The molecule has 0 aromatic heterocycles. The highest BCUT2D eigenvalue weighted by Gasteiger charge is 2.27. The Bertz CT molecular complexity index is 590. The maximum atomic E-state index is 13.3. The van der Waals surface area contributed by atoms with Gasteiger partial charge in [-0.3, -0.25) is 4.79 Å². The first-order chi connectivity index (χ1) is 13.4. The summed E-state index contributed by atoms with van der Waals surface area (Å²) in [7, 11) is 0. The molecule has 3 heteroatoms. The Morgan fingerprint density at radius 3 is 1.71 bits per heavy atom. The van der Waals surface area contributed by atoms with Crippen molar-refractivity contribution in [3.8, 4) is 11.5 Å². The Hall–Kier alpha value is -1.51. The second kappa shape index (κ2) is 12.9. The Labute approximate surface area is 172 Å². The van der Waals surface area contributed by atoms with Crippen LogP contribution in [0.25, 0.3) is 0 Å². The molecule has 0 saturated carbocycles. The molecule has 1 unspecified atom stereocenters. The fourth-order valence-corrected chi connectivity index (χ4v) is 4.01. The van der Waals surface area contributed by atoms with Gasteiger partial charge in [0.2, 0.25) is 0 Å². The largest absolute Gasteiger partial charge is 0.507 e. The summed E-state index contributed by atoms with van der Waals surface area (Å²) in [5.41, 5.74) is 2.11. The van der Waals surface area contributed by atoms with E-state index in [1.807, 2.05) is 0 Å². The molecule has 0 saturated heterocycles. The highest BCUT2D eigenvalue weighted by atomic mass is 16.3. The van der Waals surface area contributed by atoms with E-state index in [0.717, 1.165) is 32.1 Å². The number of hydrogen-bond acceptors (Lipinski definition) is 3. The number of carbonyl (C=O) groups excluding carboxylic acids is 1. The van der Waals surface area contributed by atoms with Crippen LogP contribution in [-0.2, 0) is 0 Å². The van der Waals surface area contributed by atoms with Gasteiger partial charge in [-0.2, -0.15) is 0 Å². The summed E-state index contributed by atoms with van der Waals surface area (Å²) < 4.78 is 0. The molecular weight excluding hydrogens is 348 g/mol. The second-order valence-electron chi connectivity index (χ2n) is 8.41. The zero-order chi connectivity index (χ0) is 21.1. The van der Waals surface area contributed by atoms with Gasteiger partial charge in [0.1, 0.15) is 11.5 Å². The topological polar surface area (TPSA) is 57.5 Å². The van der Waals surface area contributed by atoms with E-state index in [2.05, 4.69) is 13.8 Å². The molecule has 3 nitrogen and oxygen atoms in total. The van der Waals surface area contributed by atoms with Crippen LogP contribution in [0.1, 0.15) is 118 Å². The number of carbonyl (C=O) groups is 1. The van der Waals surface area contributed by atoms with Crippen LogP contribution in [0.5, 0.6) is 11.5 Å². The first-order valence-electron chi connectivity index (χ1n) is 11.4. The zero-order valence-corrected chi connectivity index (χ0v) is 18.9. The van der Waals surface area contributed by atoms with Gasteiger partial charge in [0, 0.05) is 11.5 Å². The number of phenolic OH excluding ortho intramolecular Hbond substituents is 2. The van der Waals surface area contributed by atoms with Gasteiger partial charge < -0.3 is 10.2 Å². The normalized spacial score (nSPS) is 12.3. The van der Waals surface area contributed by atoms with Crippen LogP contribution in [0.2, 0.25) is 0 Å². The lowest BCUT2D eigenvalue weighted by Crippen LogP contribution is -2.17. The van der Waals surface area contributed by atoms with Crippen LogP contribution >= 0.6 is 0 Å². The van der Waals surface area contributed by atoms with Crippen molar-refractivity contribution in [2.75, 3.05) is 0 Å². The number of hydrogen-bond donors (Lipinski definition) is 2. The Balaban J connectivity index is 2.76. The van der Waals surface area contributed by atoms with E-state index in [4.69, 9.17) is 0 Å². The van der Waals surface area contributed by atoms with E-state index in [0.29, 0.717) is 22.3 Å². The summed E-state index contributed by atoms with van der Waals surface area (Å²) >= 11 is 0. The molecule has 1 atom stereocenters. The van der Waals surface area contributed by atoms with Crippen LogP contribution in [-0.4, -0.2) is 16.0 Å². The highest BCUT2D eigenvalue weighted by molar-refractivity contribution is 6.02. The Kier molecular flexibility index (Phi) is 11.3. The lowest BCUT2D eigenvalue weighted by Gasteiger charge is -2.20. The maximum absolute atomic E-state index is 13.3. The average Bonchev–Trinajstić information content (AvgIpc) is 2.69. The lowest BCUT2D eigenvalue weighted by molar-refractivity contribution is 0.0898. The molecule has 0 bridgehead atoms. The van der Waals surface area contributed by atoms with Crippen molar-refractivity contribution in [1.82, 2.24) is 0 Å². The quantitative estimate of drug-likeness (QED) is 0.196. The minimum atomic E-state index is -0.0638. The van der Waals surface area contributed by atoms with E-state index in [-0.39, 0.29) is 23.2 Å². The van der Waals surface area contributed by atoms with Crippen molar-refractivity contribution >= 4 is 5.78 Å². The third-order valence-electron chi connectivity index (χ3n) is 6.17. The number of Topliss-reactive ketones (excluding diaryl/α,β-unsaturated/α-hetero) is 1. The van der Waals surface area contributed by atoms with Gasteiger partial charge in [-0.1, -0.05) is 78.1 Å². The van der Waals surface area contributed by atoms with Crippen molar-refractivity contribution < 1.29 is 15.0 Å². The summed E-state index contributed by atoms with van der Waals surface area (Å²) in [5, 5.41) is 21.0. The highest BCUT2D eigenvalue weighted by Crippen LogP contribution is 2.38. The minimum Gasteiger partial charge on any atom is -0.507 e. The number of rotatable bonds is 14. The molecule has 1 aromatic rings. The molecule has 0 amide bonds. The number of aromatic hydroxyl groups is 2. The number of unbranched alkanes of at least 4 members (excludes halogenated alkanes) is 8. The molecule has 28 heavy (non-hydrogen) atoms. The third kappa shape index (κ3) is 6.83. The minimum absolute atomic E-state index is 0.00444. The molecule has 1 rings (SSSR count). The molecule has 2 N–H and O–H groups in total. The number of ketones is 1. The molecule has 1 aromatic carbocycles. The molecule has 0 aliphatic heterocycles. The summed E-state index contributed by atoms with van der Waals surface area (Å²) in [6.07, 6.45) is 13.8. The molecular formula is C25H42O3. The fourth-order valence-electron chi connectivity index (χ4n) is 4.01. The maximum Gasteiger partial charge on any atom is 0.170 e. The first kappa shape index (κ1) is 24.5. The van der Waals surface area contributed by atoms with Gasteiger partial charge in [0.05, 0.1) is 5.56 Å². The Morgan fingerprint density at radius 1 is 0.679 bits per heavy atom. The van der Waals surface area contributed by atoms with Gasteiger partial charge in [-0.05, 0) is 44.7 Å². The molecule has 0 spiro atoms. The molecule has 0 heterocycles. The van der Waals surface area contributed by atoms with E-state index in [1.165, 1.54) is 44.9 Å². The fraction of sp³-hybridized carbons (Fsp3) is 0.720. The zero-order valence-electron chi connectivity index (χ0n) is 18.9. The van der Waals surface area contributed by atoms with Gasteiger partial charge in [0.15, 0.2) is 5.78 Å². The standard InChI is InChI=1S/C25H42O3/c1-6-8-10-11-12-13-14-15-17-21(16-9-7-2)25(28)22-20(5)23(26)18(3)19(4)24(22)27/h21,26-27H,6-17H2,1-5H3. The summed E-state index contributed by atoms with van der Waals surface area (Å²) in [4.78, 5) is 13.3. The van der Waals surface area contributed by atoms with Gasteiger partial charge in [0.25, 0.3) is 0 Å². The average molecular weight is 391 g/mol. The molecule has 0 radical (unpaired) electrons. The van der Waals surface area contributed by atoms with Crippen molar-refractivity contribution in [2.45, 2.75) is 112 Å². The summed E-state index contributed by atoms with van der Waals surface area (Å²) in [5.74, 6) is 0.131. The van der Waals surface area contributed by atoms with Crippen LogP contribution in [0.15, 0.2) is 0 Å². The molecule has 0 fully saturated rings. The summed E-state index contributed by atoms with van der Waals surface area (Å²) in [6, 6.07) is 0. The van der Waals surface area contributed by atoms with Crippen LogP contribution in [0, 0.1) is 26.7 Å². The summed E-state index contributed by atoms with van der Waals surface area (Å²) in [6.45, 7) is 9.66. The molecule has 160 valence electrons. The van der Waals surface area contributed by atoms with E-state index >= 15 is 0 Å². The van der Waals surface area contributed by atoms with Gasteiger partial charge >= 0.3 is 0 Å². The first-order valence-corrected chi connectivity index (χ1v) is 11.4. The monoisotopic (exact) mass is 390 g/mol. The third-order valence-corrected chi connectivity index (χ3v) is 6.17.